The molecular weight excluding hydrogens is 300 g/mol. The summed E-state index contributed by atoms with van der Waals surface area (Å²) >= 11 is 1.41. The molecule has 0 radical (unpaired) electrons. The summed E-state index contributed by atoms with van der Waals surface area (Å²) in [4.78, 5) is 24.2. The van der Waals surface area contributed by atoms with Gasteiger partial charge in [-0.2, -0.15) is 5.26 Å². The number of carbonyl (C=O) groups is 2. The summed E-state index contributed by atoms with van der Waals surface area (Å²) in [5, 5.41) is 11.7. The Morgan fingerprint density at radius 1 is 1.41 bits per heavy atom. The fraction of sp³-hybridized carbons (Fsp3) is 0.438. The molecule has 1 unspecified atom stereocenters. The number of ketones is 1. The molecule has 1 N–H and O–H groups in total. The number of anilines is 1. The highest BCUT2D eigenvalue weighted by Crippen LogP contribution is 2.24. The first-order chi connectivity index (χ1) is 10.3. The van der Waals surface area contributed by atoms with Crippen LogP contribution in [0.3, 0.4) is 0 Å². The third-order valence-electron chi connectivity index (χ3n) is 2.70. The van der Waals surface area contributed by atoms with Gasteiger partial charge in [0.1, 0.15) is 5.75 Å². The SMILES string of the molecule is COc1cccc(NC(=O)C(C#N)C(=O)CSC(C)(C)C)c1. The van der Waals surface area contributed by atoms with E-state index in [4.69, 9.17) is 10.00 Å². The maximum atomic E-state index is 12.1. The normalized spacial score (nSPS) is 12.1. The summed E-state index contributed by atoms with van der Waals surface area (Å²) < 4.78 is 4.96. The van der Waals surface area contributed by atoms with E-state index in [9.17, 15) is 9.59 Å². The molecule has 0 spiro atoms. The average molecular weight is 320 g/mol. The van der Waals surface area contributed by atoms with Gasteiger partial charge in [-0.05, 0) is 12.1 Å². The van der Waals surface area contributed by atoms with Crippen LogP contribution in [0.15, 0.2) is 24.3 Å². The van der Waals surface area contributed by atoms with Gasteiger partial charge in [0.2, 0.25) is 5.91 Å². The Kier molecular flexibility index (Phi) is 6.44. The van der Waals surface area contributed by atoms with E-state index in [0.717, 1.165) is 0 Å². The van der Waals surface area contributed by atoms with E-state index in [1.165, 1.54) is 18.9 Å². The number of Topliss-reactive ketones (excluding diaryl/α,β-unsaturated/α-hetero) is 1. The van der Waals surface area contributed by atoms with Gasteiger partial charge in [0.05, 0.1) is 18.9 Å². The highest BCUT2D eigenvalue weighted by Gasteiger charge is 2.27. The molecule has 0 heterocycles. The van der Waals surface area contributed by atoms with Gasteiger partial charge in [-0.25, -0.2) is 0 Å². The van der Waals surface area contributed by atoms with Crippen LogP contribution in [0.1, 0.15) is 20.8 Å². The minimum Gasteiger partial charge on any atom is -0.497 e. The van der Waals surface area contributed by atoms with Crippen LogP contribution in [0.5, 0.6) is 5.75 Å². The fourth-order valence-electron chi connectivity index (χ4n) is 1.56. The molecule has 6 heteroatoms. The van der Waals surface area contributed by atoms with Crippen molar-refractivity contribution in [1.82, 2.24) is 0 Å². The zero-order valence-corrected chi connectivity index (χ0v) is 14.0. The minimum atomic E-state index is -1.30. The van der Waals surface area contributed by atoms with Crippen LogP contribution in [0.25, 0.3) is 0 Å². The molecule has 0 aliphatic heterocycles. The monoisotopic (exact) mass is 320 g/mol. The maximum absolute atomic E-state index is 12.1. The number of ether oxygens (including phenoxy) is 1. The zero-order valence-electron chi connectivity index (χ0n) is 13.2. The largest absolute Gasteiger partial charge is 0.497 e. The second-order valence-electron chi connectivity index (χ2n) is 5.65. The van der Waals surface area contributed by atoms with E-state index >= 15 is 0 Å². The van der Waals surface area contributed by atoms with E-state index < -0.39 is 11.8 Å². The smallest absolute Gasteiger partial charge is 0.249 e. The Labute approximate surface area is 135 Å². The molecule has 0 aliphatic rings. The highest BCUT2D eigenvalue weighted by molar-refractivity contribution is 8.01. The quantitative estimate of drug-likeness (QED) is 0.815. The number of rotatable bonds is 6. The molecule has 0 aromatic heterocycles. The molecule has 0 aliphatic carbocycles. The van der Waals surface area contributed by atoms with E-state index in [2.05, 4.69) is 5.32 Å². The first kappa shape index (κ1) is 18.1. The molecule has 118 valence electrons. The second kappa shape index (κ2) is 7.85. The Morgan fingerprint density at radius 2 is 2.09 bits per heavy atom. The standard InChI is InChI=1S/C16H20N2O3S/c1-16(2,3)22-10-14(19)13(9-17)15(20)18-11-6-5-7-12(8-11)21-4/h5-8,13H,10H2,1-4H3,(H,18,20). The first-order valence-corrected chi connectivity index (χ1v) is 7.76. The second-order valence-corrected chi connectivity index (χ2v) is 7.45. The molecule has 1 aromatic carbocycles. The molecule has 22 heavy (non-hydrogen) atoms. The van der Waals surface area contributed by atoms with Crippen molar-refractivity contribution in [2.24, 2.45) is 5.92 Å². The minimum absolute atomic E-state index is 0.0983. The number of nitrogens with one attached hydrogen (secondary N) is 1. The van der Waals surface area contributed by atoms with Crippen molar-refractivity contribution in [3.05, 3.63) is 24.3 Å². The van der Waals surface area contributed by atoms with Gasteiger partial charge in [0.15, 0.2) is 11.7 Å². The summed E-state index contributed by atoms with van der Waals surface area (Å²) in [6.45, 7) is 5.92. The van der Waals surface area contributed by atoms with Crippen molar-refractivity contribution in [2.75, 3.05) is 18.2 Å². The van der Waals surface area contributed by atoms with Gasteiger partial charge in [0, 0.05) is 16.5 Å². The van der Waals surface area contributed by atoms with Crippen LogP contribution in [-0.4, -0.2) is 29.3 Å². The van der Waals surface area contributed by atoms with Gasteiger partial charge in [-0.15, -0.1) is 11.8 Å². The summed E-state index contributed by atoms with van der Waals surface area (Å²) in [5.41, 5.74) is 0.487. The number of benzene rings is 1. The summed E-state index contributed by atoms with van der Waals surface area (Å²) in [5.74, 6) is -1.59. The van der Waals surface area contributed by atoms with Crippen LogP contribution in [0, 0.1) is 17.2 Å². The van der Waals surface area contributed by atoms with Crippen LogP contribution in [-0.2, 0) is 9.59 Å². The molecule has 1 aromatic rings. The van der Waals surface area contributed by atoms with Crippen molar-refractivity contribution in [1.29, 1.82) is 5.26 Å². The number of nitrogens with zero attached hydrogens (tertiary/aromatic N) is 1. The van der Waals surface area contributed by atoms with Crippen molar-refractivity contribution < 1.29 is 14.3 Å². The summed E-state index contributed by atoms with van der Waals surface area (Å²) in [7, 11) is 1.52. The molecule has 1 rings (SSSR count). The van der Waals surface area contributed by atoms with Crippen molar-refractivity contribution in [3.8, 4) is 11.8 Å². The maximum Gasteiger partial charge on any atom is 0.249 e. The third-order valence-corrected chi connectivity index (χ3v) is 3.99. The predicted octanol–water partition coefficient (Wildman–Crippen LogP) is 2.87. The lowest BCUT2D eigenvalue weighted by molar-refractivity contribution is -0.127. The number of hydrogen-bond acceptors (Lipinski definition) is 5. The van der Waals surface area contributed by atoms with E-state index in [0.29, 0.717) is 11.4 Å². The lowest BCUT2D eigenvalue weighted by Gasteiger charge is -2.17. The Morgan fingerprint density at radius 3 is 2.64 bits per heavy atom. The zero-order chi connectivity index (χ0) is 16.8. The number of nitriles is 1. The lowest BCUT2D eigenvalue weighted by Crippen LogP contribution is -2.30. The summed E-state index contributed by atoms with van der Waals surface area (Å²) in [6.07, 6.45) is 0. The molecule has 0 bridgehead atoms. The number of carbonyl (C=O) groups excluding carboxylic acids is 2. The molecule has 0 saturated heterocycles. The predicted molar refractivity (Wildman–Crippen MR) is 87.9 cm³/mol. The number of thioether (sulfide) groups is 1. The lowest BCUT2D eigenvalue weighted by atomic mass is 10.1. The highest BCUT2D eigenvalue weighted by atomic mass is 32.2. The number of amides is 1. The average Bonchev–Trinajstić information content (AvgIpc) is 2.45. The van der Waals surface area contributed by atoms with E-state index in [1.807, 2.05) is 20.8 Å². The van der Waals surface area contributed by atoms with Crippen molar-refractivity contribution >= 4 is 29.1 Å². The van der Waals surface area contributed by atoms with Crippen LogP contribution < -0.4 is 10.1 Å². The Hall–Kier alpha value is -2.00. The van der Waals surface area contributed by atoms with Crippen LogP contribution in [0.4, 0.5) is 5.69 Å². The molecule has 1 amide bonds. The first-order valence-electron chi connectivity index (χ1n) is 6.78. The van der Waals surface area contributed by atoms with Gasteiger partial charge in [0.25, 0.3) is 0 Å². The molecule has 1 atom stereocenters. The van der Waals surface area contributed by atoms with Gasteiger partial charge < -0.3 is 10.1 Å². The topological polar surface area (TPSA) is 79.2 Å². The molecular formula is C16H20N2O3S. The van der Waals surface area contributed by atoms with Crippen molar-refractivity contribution in [2.45, 2.75) is 25.5 Å². The Balaban J connectivity index is 2.72. The molecule has 0 fully saturated rings. The van der Waals surface area contributed by atoms with Crippen molar-refractivity contribution in [3.63, 3.8) is 0 Å². The molecule has 5 nitrogen and oxygen atoms in total. The van der Waals surface area contributed by atoms with Gasteiger partial charge >= 0.3 is 0 Å². The summed E-state index contributed by atoms with van der Waals surface area (Å²) in [6, 6.07) is 8.53. The Bertz CT molecular complexity index is 588. The number of methoxy groups -OCH3 is 1. The van der Waals surface area contributed by atoms with Crippen LogP contribution >= 0.6 is 11.8 Å². The van der Waals surface area contributed by atoms with E-state index in [-0.39, 0.29) is 16.3 Å². The fourth-order valence-corrected chi connectivity index (χ4v) is 2.31. The van der Waals surface area contributed by atoms with Gasteiger partial charge in [-0.3, -0.25) is 9.59 Å². The molecule has 0 saturated carbocycles. The third kappa shape index (κ3) is 5.78. The van der Waals surface area contributed by atoms with Crippen LogP contribution in [0.2, 0.25) is 0 Å². The van der Waals surface area contributed by atoms with Gasteiger partial charge in [-0.1, -0.05) is 26.8 Å². The number of hydrogen-bond donors (Lipinski definition) is 1. The van der Waals surface area contributed by atoms with E-state index in [1.54, 1.807) is 30.3 Å².